The molecule has 0 aromatic carbocycles. The Balaban J connectivity index is 7.46. The third-order valence-electron chi connectivity index (χ3n) is 9.73. The van der Waals surface area contributed by atoms with Crippen LogP contribution in [0.25, 0.3) is 0 Å². The zero-order valence-electron chi connectivity index (χ0n) is 30.4. The molecule has 0 rings (SSSR count). The summed E-state index contributed by atoms with van der Waals surface area (Å²) in [6.07, 6.45) is 27.7. The van der Waals surface area contributed by atoms with E-state index in [-0.39, 0.29) is 0 Å². The van der Waals surface area contributed by atoms with Gasteiger partial charge in [0.25, 0.3) is 0 Å². The van der Waals surface area contributed by atoms with Gasteiger partial charge >= 0.3 is 267 Å². The molecule has 0 aromatic rings. The number of hydrogen-bond donors (Lipinski definition) is 0. The monoisotopic (exact) mass is 657 g/mol. The molecule has 0 aliphatic heterocycles. The van der Waals surface area contributed by atoms with Crippen molar-refractivity contribution in [1.29, 1.82) is 0 Å². The first-order valence-electron chi connectivity index (χ1n) is 18.8. The summed E-state index contributed by atoms with van der Waals surface area (Å²) in [4.78, 5) is 0. The van der Waals surface area contributed by atoms with Crippen molar-refractivity contribution in [3.8, 4) is 0 Å². The van der Waals surface area contributed by atoms with Gasteiger partial charge in [0, 0.05) is 0 Å². The summed E-state index contributed by atoms with van der Waals surface area (Å²) in [5, 5.41) is 0. The molecule has 0 atom stereocenters. The van der Waals surface area contributed by atoms with Crippen LogP contribution in [0.3, 0.4) is 0 Å². The van der Waals surface area contributed by atoms with Crippen LogP contribution in [-0.2, 0) is 17.7 Å². The standard InChI is InChI=1S/C35H79O4P3/c1-10-19-28-41(29-20-11-2,30-21-12-3,31-22-13-4)38-40(36,37-27-18-9)39-42(32-23-14-5,33-24-15-6,34-25-16-7)35-26-17-8/h10-35H2,1-9H3. The molecule has 0 fully saturated rings. The first kappa shape index (κ1) is 43.0. The first-order chi connectivity index (χ1) is 20.1. The van der Waals surface area contributed by atoms with Gasteiger partial charge in [-0.15, -0.1) is 0 Å². The van der Waals surface area contributed by atoms with Crippen molar-refractivity contribution in [3.63, 3.8) is 0 Å². The number of phosphoric acid groups is 1. The zero-order valence-corrected chi connectivity index (χ0v) is 33.0. The SMILES string of the molecule is CCCCP(CCCC)(CCCC)(CCCC)OP(=O)(OCCC)OP(CCCC)(CCCC)(CCCC)CCCC. The molecule has 0 unspecified atom stereocenters. The van der Waals surface area contributed by atoms with E-state index in [9.17, 15) is 0 Å². The van der Waals surface area contributed by atoms with Crippen molar-refractivity contribution in [1.82, 2.24) is 0 Å². The molecular weight excluding hydrogens is 577 g/mol. The third kappa shape index (κ3) is 14.2. The van der Waals surface area contributed by atoms with Crippen LogP contribution in [0.5, 0.6) is 0 Å². The van der Waals surface area contributed by atoms with E-state index in [2.05, 4.69) is 62.3 Å². The molecule has 42 heavy (non-hydrogen) atoms. The second-order valence-corrected chi connectivity index (χ2v) is 27.2. The summed E-state index contributed by atoms with van der Waals surface area (Å²) >= 11 is 0. The van der Waals surface area contributed by atoms with E-state index in [1.807, 2.05) is 0 Å². The predicted octanol–water partition coefficient (Wildman–Crippen LogP) is 13.9. The van der Waals surface area contributed by atoms with Gasteiger partial charge in [-0.3, -0.25) is 0 Å². The van der Waals surface area contributed by atoms with Crippen LogP contribution < -0.4 is 0 Å². The van der Waals surface area contributed by atoms with Gasteiger partial charge in [0.15, 0.2) is 0 Å². The van der Waals surface area contributed by atoms with Gasteiger partial charge in [0.1, 0.15) is 0 Å². The molecule has 7 heteroatoms. The van der Waals surface area contributed by atoms with Crippen LogP contribution in [0, 0.1) is 0 Å². The fraction of sp³-hybridized carbons (Fsp3) is 1.00. The van der Waals surface area contributed by atoms with Crippen LogP contribution in [0.4, 0.5) is 0 Å². The van der Waals surface area contributed by atoms with Crippen molar-refractivity contribution in [3.05, 3.63) is 0 Å². The third-order valence-corrected chi connectivity index (χ3v) is 27.1. The second-order valence-electron chi connectivity index (χ2n) is 13.8. The zero-order chi connectivity index (χ0) is 31.9. The Morgan fingerprint density at radius 1 is 0.381 bits per heavy atom. The minimum absolute atomic E-state index is 0.447. The van der Waals surface area contributed by atoms with Gasteiger partial charge < -0.3 is 0 Å². The van der Waals surface area contributed by atoms with Crippen molar-refractivity contribution in [2.45, 2.75) is 171 Å². The van der Waals surface area contributed by atoms with E-state index in [0.717, 1.165) is 158 Å². The average Bonchev–Trinajstić information content (AvgIpc) is 3.00. The van der Waals surface area contributed by atoms with E-state index in [1.165, 1.54) is 0 Å². The Labute approximate surface area is 266 Å². The van der Waals surface area contributed by atoms with E-state index in [4.69, 9.17) is 13.1 Å². The van der Waals surface area contributed by atoms with Crippen LogP contribution in [0.1, 0.15) is 171 Å². The van der Waals surface area contributed by atoms with E-state index in [1.54, 1.807) is 0 Å². The molecular formula is C35H79O4P3. The molecule has 0 amide bonds. The molecule has 0 spiro atoms. The Kier molecular flexibility index (Phi) is 23.0. The van der Waals surface area contributed by atoms with Crippen molar-refractivity contribution < 1.29 is 17.7 Å². The molecule has 0 aromatic heterocycles. The Morgan fingerprint density at radius 2 is 0.595 bits per heavy atom. The Bertz CT molecular complexity index is 575. The Morgan fingerprint density at radius 3 is 0.762 bits per heavy atom. The van der Waals surface area contributed by atoms with Crippen LogP contribution in [-0.4, -0.2) is 55.9 Å². The van der Waals surface area contributed by atoms with Gasteiger partial charge in [0.2, 0.25) is 0 Å². The van der Waals surface area contributed by atoms with Crippen LogP contribution >= 0.6 is 21.5 Å². The molecule has 0 radical (unpaired) electrons. The molecule has 258 valence electrons. The molecule has 0 bridgehead atoms. The van der Waals surface area contributed by atoms with Gasteiger partial charge in [-0.25, -0.2) is 0 Å². The van der Waals surface area contributed by atoms with Gasteiger partial charge in [-0.1, -0.05) is 0 Å². The number of rotatable bonds is 31. The minimum atomic E-state index is -3.82. The maximum atomic E-state index is 15.7. The summed E-state index contributed by atoms with van der Waals surface area (Å²) < 4.78 is 37.5. The summed E-state index contributed by atoms with van der Waals surface area (Å²) in [5.41, 5.74) is 0. The summed E-state index contributed by atoms with van der Waals surface area (Å²) in [6.45, 7) is 15.2. The molecule has 0 N–H and O–H groups in total. The van der Waals surface area contributed by atoms with Crippen LogP contribution in [0.2, 0.25) is 0 Å². The number of hydrogen-bond acceptors (Lipinski definition) is 4. The summed E-state index contributed by atoms with van der Waals surface area (Å²) in [6, 6.07) is 0. The maximum absolute atomic E-state index is 15.7. The van der Waals surface area contributed by atoms with E-state index < -0.39 is 21.5 Å². The van der Waals surface area contributed by atoms with Crippen LogP contribution in [0.15, 0.2) is 0 Å². The molecule has 4 nitrogen and oxygen atoms in total. The van der Waals surface area contributed by atoms with Gasteiger partial charge in [0.05, 0.1) is 0 Å². The molecule has 0 aliphatic rings. The fourth-order valence-electron chi connectivity index (χ4n) is 6.96. The van der Waals surface area contributed by atoms with E-state index in [0.29, 0.717) is 6.61 Å². The van der Waals surface area contributed by atoms with Crippen molar-refractivity contribution in [2.75, 3.05) is 55.9 Å². The molecule has 0 aliphatic carbocycles. The summed E-state index contributed by atoms with van der Waals surface area (Å²) in [7, 11) is -3.82. The van der Waals surface area contributed by atoms with E-state index >= 15 is 4.57 Å². The number of unbranched alkanes of at least 4 members (excludes halogenated alkanes) is 8. The fourth-order valence-corrected chi connectivity index (χ4v) is 26.9. The topological polar surface area (TPSA) is 44.8 Å². The summed E-state index contributed by atoms with van der Waals surface area (Å²) in [5.74, 6) is 0. The predicted molar refractivity (Wildman–Crippen MR) is 198 cm³/mol. The molecule has 0 saturated carbocycles. The van der Waals surface area contributed by atoms with Crippen molar-refractivity contribution in [2.24, 2.45) is 0 Å². The second kappa shape index (κ2) is 22.5. The van der Waals surface area contributed by atoms with Crippen molar-refractivity contribution >= 4 is 21.5 Å². The average molecular weight is 657 g/mol. The molecule has 0 saturated heterocycles. The van der Waals surface area contributed by atoms with Gasteiger partial charge in [-0.2, -0.15) is 0 Å². The quantitative estimate of drug-likeness (QED) is 0.0697. The first-order valence-corrected chi connectivity index (χ1v) is 26.0. The normalized spacial score (nSPS) is 16.0. The molecule has 0 heterocycles. The Hall–Kier alpha value is 0.970. The van der Waals surface area contributed by atoms with Gasteiger partial charge in [-0.05, 0) is 0 Å².